The average molecular weight is 349 g/mol. The predicted molar refractivity (Wildman–Crippen MR) is 96.4 cm³/mol. The van der Waals surface area contributed by atoms with Crippen LogP contribution in [0.25, 0.3) is 5.69 Å². The molecule has 6 heteroatoms. The van der Waals surface area contributed by atoms with E-state index >= 15 is 0 Å². The molecule has 0 radical (unpaired) electrons. The van der Waals surface area contributed by atoms with E-state index in [0.717, 1.165) is 5.69 Å². The number of ether oxygens (including phenoxy) is 2. The second-order valence-electron chi connectivity index (χ2n) is 5.57. The molecular formula is C20H19N3O3. The number of benzene rings is 2. The van der Waals surface area contributed by atoms with Crippen molar-refractivity contribution in [2.45, 2.75) is 13.5 Å². The minimum absolute atomic E-state index is 0.0765. The van der Waals surface area contributed by atoms with Crippen molar-refractivity contribution >= 4 is 0 Å². The Labute approximate surface area is 151 Å². The molecule has 1 N–H and O–H groups in total. The highest BCUT2D eigenvalue weighted by molar-refractivity contribution is 5.44. The van der Waals surface area contributed by atoms with E-state index in [0.29, 0.717) is 28.5 Å². The minimum Gasteiger partial charge on any atom is -0.487 e. The highest BCUT2D eigenvalue weighted by Crippen LogP contribution is 2.28. The monoisotopic (exact) mass is 349 g/mol. The van der Waals surface area contributed by atoms with E-state index in [1.165, 1.54) is 0 Å². The predicted octanol–water partition coefficient (Wildman–Crippen LogP) is 3.00. The van der Waals surface area contributed by atoms with Crippen LogP contribution in [0, 0.1) is 18.3 Å². The third-order valence-electron chi connectivity index (χ3n) is 3.83. The van der Waals surface area contributed by atoms with Gasteiger partial charge in [-0.25, -0.2) is 4.68 Å². The first-order valence-electron chi connectivity index (χ1n) is 8.24. The first kappa shape index (κ1) is 17.5. The zero-order valence-electron chi connectivity index (χ0n) is 14.4. The molecule has 0 aliphatic rings. The van der Waals surface area contributed by atoms with Gasteiger partial charge in [0.25, 0.3) is 0 Å². The normalized spacial score (nSPS) is 10.3. The fourth-order valence-electron chi connectivity index (χ4n) is 2.63. The van der Waals surface area contributed by atoms with Gasteiger partial charge in [0.2, 0.25) is 0 Å². The summed E-state index contributed by atoms with van der Waals surface area (Å²) in [4.78, 5) is 0. The number of nitriles is 1. The summed E-state index contributed by atoms with van der Waals surface area (Å²) < 4.78 is 13.1. The van der Waals surface area contributed by atoms with Crippen molar-refractivity contribution in [1.29, 1.82) is 5.26 Å². The van der Waals surface area contributed by atoms with E-state index < -0.39 is 0 Å². The topological polar surface area (TPSA) is 80.3 Å². The number of nitrogens with zero attached hydrogens (tertiary/aromatic N) is 3. The third kappa shape index (κ3) is 3.68. The standard InChI is InChI=1S/C20H19N3O3/c1-15-17(13-21)18(23(22-15)16-7-3-2-4-8-16)14-26-20-10-6-5-9-19(20)25-12-11-24/h2-10,24H,11-12,14H2,1H3. The molecule has 0 aliphatic carbocycles. The summed E-state index contributed by atoms with van der Waals surface area (Å²) in [7, 11) is 0. The average Bonchev–Trinajstić information content (AvgIpc) is 3.01. The molecule has 0 unspecified atom stereocenters. The number of aliphatic hydroxyl groups excluding tert-OH is 1. The van der Waals surface area contributed by atoms with Crippen molar-refractivity contribution in [3.63, 3.8) is 0 Å². The van der Waals surface area contributed by atoms with Crippen LogP contribution in [-0.2, 0) is 6.61 Å². The van der Waals surface area contributed by atoms with Gasteiger partial charge in [-0.15, -0.1) is 0 Å². The molecule has 1 aromatic heterocycles. The summed E-state index contributed by atoms with van der Waals surface area (Å²) >= 11 is 0. The van der Waals surface area contributed by atoms with Crippen LogP contribution in [0.2, 0.25) is 0 Å². The quantitative estimate of drug-likeness (QED) is 0.709. The van der Waals surface area contributed by atoms with Gasteiger partial charge in [-0.2, -0.15) is 10.4 Å². The third-order valence-corrected chi connectivity index (χ3v) is 3.83. The molecule has 0 aliphatic heterocycles. The van der Waals surface area contributed by atoms with Crippen molar-refractivity contribution in [3.8, 4) is 23.3 Å². The number of aliphatic hydroxyl groups is 1. The lowest BCUT2D eigenvalue weighted by molar-refractivity contribution is 0.192. The van der Waals surface area contributed by atoms with Gasteiger partial charge in [-0.1, -0.05) is 30.3 Å². The summed E-state index contributed by atoms with van der Waals surface area (Å²) in [5.41, 5.74) is 2.69. The maximum absolute atomic E-state index is 9.52. The summed E-state index contributed by atoms with van der Waals surface area (Å²) in [6, 6.07) is 19.1. The number of rotatable bonds is 7. The van der Waals surface area contributed by atoms with E-state index in [4.69, 9.17) is 14.6 Å². The largest absolute Gasteiger partial charge is 0.487 e. The Bertz CT molecular complexity index is 914. The molecule has 2 aromatic carbocycles. The van der Waals surface area contributed by atoms with Gasteiger partial charge in [-0.3, -0.25) is 0 Å². The summed E-state index contributed by atoms with van der Waals surface area (Å²) in [5.74, 6) is 1.09. The molecule has 0 fully saturated rings. The van der Waals surface area contributed by atoms with Gasteiger partial charge in [0.15, 0.2) is 11.5 Å². The number of aryl methyl sites for hydroxylation is 1. The van der Waals surface area contributed by atoms with Crippen molar-refractivity contribution < 1.29 is 14.6 Å². The van der Waals surface area contributed by atoms with Gasteiger partial charge in [0.05, 0.1) is 23.7 Å². The van der Waals surface area contributed by atoms with Crippen LogP contribution in [0.1, 0.15) is 17.0 Å². The summed E-state index contributed by atoms with van der Waals surface area (Å²) in [6.45, 7) is 2.08. The van der Waals surface area contributed by atoms with Crippen LogP contribution in [-0.4, -0.2) is 28.1 Å². The second kappa shape index (κ2) is 8.19. The first-order chi connectivity index (χ1) is 12.7. The molecule has 6 nitrogen and oxygen atoms in total. The lowest BCUT2D eigenvalue weighted by atomic mass is 10.2. The number of para-hydroxylation sites is 3. The molecule has 26 heavy (non-hydrogen) atoms. The lowest BCUT2D eigenvalue weighted by Gasteiger charge is -2.13. The van der Waals surface area contributed by atoms with Gasteiger partial charge < -0.3 is 14.6 Å². The molecule has 0 saturated carbocycles. The van der Waals surface area contributed by atoms with Crippen molar-refractivity contribution in [2.75, 3.05) is 13.2 Å². The Kier molecular flexibility index (Phi) is 5.52. The van der Waals surface area contributed by atoms with Crippen LogP contribution in [0.3, 0.4) is 0 Å². The van der Waals surface area contributed by atoms with Gasteiger partial charge >= 0.3 is 0 Å². The molecule has 0 amide bonds. The maximum Gasteiger partial charge on any atom is 0.161 e. The molecule has 0 spiro atoms. The molecule has 0 atom stereocenters. The fourth-order valence-corrected chi connectivity index (χ4v) is 2.63. The molecule has 0 bridgehead atoms. The van der Waals surface area contributed by atoms with Crippen LogP contribution in [0.5, 0.6) is 11.5 Å². The van der Waals surface area contributed by atoms with E-state index in [9.17, 15) is 5.26 Å². The Morgan fingerprint density at radius 1 is 1.04 bits per heavy atom. The molecule has 132 valence electrons. The van der Waals surface area contributed by atoms with E-state index in [1.54, 1.807) is 23.7 Å². The van der Waals surface area contributed by atoms with E-state index in [-0.39, 0.29) is 19.8 Å². The van der Waals surface area contributed by atoms with Gasteiger partial charge in [0, 0.05) is 0 Å². The molecular weight excluding hydrogens is 330 g/mol. The van der Waals surface area contributed by atoms with Crippen LogP contribution in [0.15, 0.2) is 54.6 Å². The second-order valence-corrected chi connectivity index (χ2v) is 5.57. The highest BCUT2D eigenvalue weighted by Gasteiger charge is 2.17. The fraction of sp³-hybridized carbons (Fsp3) is 0.200. The van der Waals surface area contributed by atoms with Gasteiger partial charge in [-0.05, 0) is 31.2 Å². The lowest BCUT2D eigenvalue weighted by Crippen LogP contribution is -2.08. The van der Waals surface area contributed by atoms with Crippen LogP contribution < -0.4 is 9.47 Å². The smallest absolute Gasteiger partial charge is 0.161 e. The van der Waals surface area contributed by atoms with Gasteiger partial charge in [0.1, 0.15) is 24.8 Å². The SMILES string of the molecule is Cc1nn(-c2ccccc2)c(COc2ccccc2OCCO)c1C#N. The van der Waals surface area contributed by atoms with E-state index in [1.807, 2.05) is 42.5 Å². The Balaban J connectivity index is 1.90. The van der Waals surface area contributed by atoms with Crippen LogP contribution in [0.4, 0.5) is 0 Å². The maximum atomic E-state index is 9.52. The number of aromatic nitrogens is 2. The molecule has 1 heterocycles. The molecule has 0 saturated heterocycles. The zero-order chi connectivity index (χ0) is 18.4. The summed E-state index contributed by atoms with van der Waals surface area (Å²) in [5, 5.41) is 22.9. The number of hydrogen-bond donors (Lipinski definition) is 1. The molecule has 3 rings (SSSR count). The van der Waals surface area contributed by atoms with E-state index in [2.05, 4.69) is 11.2 Å². The molecule has 3 aromatic rings. The Morgan fingerprint density at radius 2 is 1.69 bits per heavy atom. The van der Waals surface area contributed by atoms with Crippen molar-refractivity contribution in [3.05, 3.63) is 71.5 Å². The highest BCUT2D eigenvalue weighted by atomic mass is 16.5. The first-order valence-corrected chi connectivity index (χ1v) is 8.24. The number of hydrogen-bond acceptors (Lipinski definition) is 5. The Hall–Kier alpha value is -3.30. The van der Waals surface area contributed by atoms with Crippen molar-refractivity contribution in [2.24, 2.45) is 0 Å². The minimum atomic E-state index is -0.0765. The summed E-state index contributed by atoms with van der Waals surface area (Å²) in [6.07, 6.45) is 0. The van der Waals surface area contributed by atoms with Crippen molar-refractivity contribution in [1.82, 2.24) is 9.78 Å². The zero-order valence-corrected chi connectivity index (χ0v) is 14.4. The Morgan fingerprint density at radius 3 is 2.35 bits per heavy atom. The van der Waals surface area contributed by atoms with Crippen LogP contribution >= 0.6 is 0 Å².